The van der Waals surface area contributed by atoms with E-state index in [1.54, 1.807) is 18.2 Å². The van der Waals surface area contributed by atoms with Gasteiger partial charge in [-0.2, -0.15) is 9.99 Å². The second kappa shape index (κ2) is 5.97. The molecule has 0 atom stereocenters. The van der Waals surface area contributed by atoms with Gasteiger partial charge < -0.3 is 15.7 Å². The quantitative estimate of drug-likeness (QED) is 0.818. The van der Waals surface area contributed by atoms with Crippen LogP contribution in [0.5, 0.6) is 0 Å². The summed E-state index contributed by atoms with van der Waals surface area (Å²) in [4.78, 5) is 31.5. The highest BCUT2D eigenvalue weighted by Crippen LogP contribution is 2.22. The number of carbonyl (C=O) groups excluding carboxylic acids is 1. The molecule has 0 fully saturated rings. The minimum Gasteiger partial charge on any atom is -0.476 e. The highest BCUT2D eigenvalue weighted by atomic mass is 16.7. The van der Waals surface area contributed by atoms with Crippen molar-refractivity contribution in [3.63, 3.8) is 0 Å². The zero-order chi connectivity index (χ0) is 16.3. The summed E-state index contributed by atoms with van der Waals surface area (Å²) in [6.45, 7) is 1.01. The molecule has 1 aromatic carbocycles. The van der Waals surface area contributed by atoms with Crippen molar-refractivity contribution in [2.75, 3.05) is 6.61 Å². The Morgan fingerprint density at radius 2 is 2.23 bits per heavy atom. The molecule has 8 nitrogen and oxygen atoms in total. The second-order valence-electron chi connectivity index (χ2n) is 4.40. The number of aromatic carboxylic acids is 1. The number of carbonyl (C=O) groups is 2. The number of benzene rings is 1. The summed E-state index contributed by atoms with van der Waals surface area (Å²) in [6, 6.07) is 8.41. The number of carboxylic acid groups (broad SMARTS) is 1. The van der Waals surface area contributed by atoms with Crippen molar-refractivity contribution < 1.29 is 19.5 Å². The minimum absolute atomic E-state index is 0.174. The lowest BCUT2D eigenvalue weighted by molar-refractivity contribution is -0.122. The van der Waals surface area contributed by atoms with Crippen LogP contribution in [0.15, 0.2) is 24.3 Å². The largest absolute Gasteiger partial charge is 0.476 e. The molecule has 0 bridgehead atoms. The van der Waals surface area contributed by atoms with Crippen LogP contribution in [-0.4, -0.2) is 33.3 Å². The number of hydrogen-bond donors (Lipinski definition) is 2. The molecule has 0 saturated heterocycles. The van der Waals surface area contributed by atoms with Gasteiger partial charge in [0, 0.05) is 5.56 Å². The van der Waals surface area contributed by atoms with Gasteiger partial charge in [-0.25, -0.2) is 9.78 Å². The van der Waals surface area contributed by atoms with Gasteiger partial charge in [0.05, 0.1) is 17.3 Å². The first-order valence-corrected chi connectivity index (χ1v) is 6.18. The van der Waals surface area contributed by atoms with Gasteiger partial charge in [0.25, 0.3) is 5.91 Å². The van der Waals surface area contributed by atoms with Gasteiger partial charge in [-0.3, -0.25) is 4.79 Å². The Balaban J connectivity index is 2.59. The predicted molar refractivity (Wildman–Crippen MR) is 74.7 cm³/mol. The van der Waals surface area contributed by atoms with Gasteiger partial charge in [0.2, 0.25) is 0 Å². The van der Waals surface area contributed by atoms with Gasteiger partial charge in [-0.1, -0.05) is 12.1 Å². The maximum Gasteiger partial charge on any atom is 0.357 e. The number of rotatable bonds is 5. The number of carboxylic acids is 1. The SMILES string of the molecule is Cc1nc(-c2cccc(C#N)c2)n(OCC(N)=O)c1C(=O)O. The van der Waals surface area contributed by atoms with Crippen molar-refractivity contribution in [2.24, 2.45) is 5.73 Å². The molecule has 0 spiro atoms. The molecule has 0 saturated carbocycles. The molecule has 0 aliphatic rings. The van der Waals surface area contributed by atoms with Crippen LogP contribution in [0.25, 0.3) is 11.4 Å². The molecule has 2 rings (SSSR count). The van der Waals surface area contributed by atoms with E-state index in [4.69, 9.17) is 15.8 Å². The van der Waals surface area contributed by atoms with Crippen molar-refractivity contribution in [2.45, 2.75) is 6.92 Å². The Morgan fingerprint density at radius 3 is 2.82 bits per heavy atom. The lowest BCUT2D eigenvalue weighted by Crippen LogP contribution is -2.28. The molecule has 2 aromatic rings. The highest BCUT2D eigenvalue weighted by molar-refractivity contribution is 5.88. The number of nitriles is 1. The standard InChI is InChI=1S/C14H12N4O4/c1-8-12(14(20)21)18(22-7-11(16)19)13(17-8)10-4-2-3-9(5-10)6-15/h2-5H,7H2,1H3,(H2,16,19)(H,20,21). The van der Waals surface area contributed by atoms with E-state index in [0.29, 0.717) is 11.1 Å². The molecular weight excluding hydrogens is 288 g/mol. The number of aryl methyl sites for hydroxylation is 1. The molecular formula is C14H12N4O4. The van der Waals surface area contributed by atoms with Crippen molar-refractivity contribution in [3.05, 3.63) is 41.2 Å². The van der Waals surface area contributed by atoms with E-state index in [9.17, 15) is 14.7 Å². The third kappa shape index (κ3) is 2.88. The van der Waals surface area contributed by atoms with Crippen LogP contribution < -0.4 is 10.6 Å². The molecule has 112 valence electrons. The summed E-state index contributed by atoms with van der Waals surface area (Å²) in [5.74, 6) is -1.83. The summed E-state index contributed by atoms with van der Waals surface area (Å²) in [7, 11) is 0. The fourth-order valence-corrected chi connectivity index (χ4v) is 1.92. The monoisotopic (exact) mass is 300 g/mol. The minimum atomic E-state index is -1.25. The van der Waals surface area contributed by atoms with Crippen molar-refractivity contribution in [1.29, 1.82) is 5.26 Å². The molecule has 22 heavy (non-hydrogen) atoms. The summed E-state index contributed by atoms with van der Waals surface area (Å²) in [5.41, 5.74) is 5.90. The van der Waals surface area contributed by atoms with E-state index in [1.165, 1.54) is 13.0 Å². The number of nitrogens with two attached hydrogens (primary N) is 1. The van der Waals surface area contributed by atoms with Gasteiger partial charge in [0.15, 0.2) is 18.1 Å². The normalized spacial score (nSPS) is 10.0. The maximum absolute atomic E-state index is 11.3. The average Bonchev–Trinajstić information content (AvgIpc) is 2.82. The highest BCUT2D eigenvalue weighted by Gasteiger charge is 2.23. The number of nitrogens with zero attached hydrogens (tertiary/aromatic N) is 3. The number of amides is 1. The zero-order valence-electron chi connectivity index (χ0n) is 11.6. The number of hydrogen-bond acceptors (Lipinski definition) is 5. The van der Waals surface area contributed by atoms with Crippen LogP contribution in [0.1, 0.15) is 21.7 Å². The Kier molecular flexibility index (Phi) is 4.08. The topological polar surface area (TPSA) is 131 Å². The third-order valence-corrected chi connectivity index (χ3v) is 2.80. The Morgan fingerprint density at radius 1 is 1.50 bits per heavy atom. The first kappa shape index (κ1) is 15.1. The van der Waals surface area contributed by atoms with Crippen molar-refractivity contribution in [1.82, 2.24) is 9.71 Å². The summed E-state index contributed by atoms with van der Waals surface area (Å²) in [6.07, 6.45) is 0. The molecule has 0 radical (unpaired) electrons. The smallest absolute Gasteiger partial charge is 0.357 e. The molecule has 0 aliphatic heterocycles. The first-order chi connectivity index (χ1) is 10.4. The van der Waals surface area contributed by atoms with Gasteiger partial charge in [-0.15, -0.1) is 0 Å². The molecule has 8 heteroatoms. The predicted octanol–water partition coefficient (Wildman–Crippen LogP) is 0.342. The lowest BCUT2D eigenvalue weighted by atomic mass is 10.1. The second-order valence-corrected chi connectivity index (χ2v) is 4.40. The zero-order valence-corrected chi connectivity index (χ0v) is 11.6. The molecule has 0 aliphatic carbocycles. The Hall–Kier alpha value is -3.34. The molecule has 1 aromatic heterocycles. The lowest BCUT2D eigenvalue weighted by Gasteiger charge is -2.10. The Bertz CT molecular complexity index is 789. The van der Waals surface area contributed by atoms with E-state index in [1.807, 2.05) is 6.07 Å². The third-order valence-electron chi connectivity index (χ3n) is 2.80. The Labute approximate surface area is 125 Å². The van der Waals surface area contributed by atoms with Crippen LogP contribution >= 0.6 is 0 Å². The van der Waals surface area contributed by atoms with Crippen LogP contribution in [0.4, 0.5) is 0 Å². The number of imidazole rings is 1. The van der Waals surface area contributed by atoms with Crippen LogP contribution in [0, 0.1) is 18.3 Å². The fourth-order valence-electron chi connectivity index (χ4n) is 1.92. The fraction of sp³-hybridized carbons (Fsp3) is 0.143. The molecule has 1 heterocycles. The van der Waals surface area contributed by atoms with Crippen LogP contribution in [-0.2, 0) is 4.79 Å². The van der Waals surface area contributed by atoms with Gasteiger partial charge in [-0.05, 0) is 19.1 Å². The van der Waals surface area contributed by atoms with E-state index in [2.05, 4.69) is 4.98 Å². The van der Waals surface area contributed by atoms with E-state index < -0.39 is 18.5 Å². The van der Waals surface area contributed by atoms with Crippen LogP contribution in [0.3, 0.4) is 0 Å². The number of aromatic nitrogens is 2. The first-order valence-electron chi connectivity index (χ1n) is 6.18. The van der Waals surface area contributed by atoms with E-state index >= 15 is 0 Å². The summed E-state index contributed by atoms with van der Waals surface area (Å²) >= 11 is 0. The molecule has 0 unspecified atom stereocenters. The molecule has 3 N–H and O–H groups in total. The molecule has 1 amide bonds. The maximum atomic E-state index is 11.3. The average molecular weight is 300 g/mol. The van der Waals surface area contributed by atoms with Gasteiger partial charge in [0.1, 0.15) is 0 Å². The van der Waals surface area contributed by atoms with Gasteiger partial charge >= 0.3 is 5.97 Å². The summed E-state index contributed by atoms with van der Waals surface area (Å²) < 4.78 is 0.943. The number of primary amides is 1. The van der Waals surface area contributed by atoms with E-state index in [-0.39, 0.29) is 17.2 Å². The van der Waals surface area contributed by atoms with Crippen molar-refractivity contribution >= 4 is 11.9 Å². The summed E-state index contributed by atoms with van der Waals surface area (Å²) in [5, 5.41) is 18.2. The van der Waals surface area contributed by atoms with Crippen molar-refractivity contribution in [3.8, 4) is 17.5 Å². The van der Waals surface area contributed by atoms with Crippen LogP contribution in [0.2, 0.25) is 0 Å². The van der Waals surface area contributed by atoms with E-state index in [0.717, 1.165) is 4.73 Å².